The number of rotatable bonds is 2. The summed E-state index contributed by atoms with van der Waals surface area (Å²) < 4.78 is 0. The summed E-state index contributed by atoms with van der Waals surface area (Å²) in [6.45, 7) is 0. The van der Waals surface area contributed by atoms with Crippen molar-refractivity contribution in [3.63, 3.8) is 0 Å². The van der Waals surface area contributed by atoms with Gasteiger partial charge in [-0.05, 0) is 22.9 Å². The minimum absolute atomic E-state index is 0. The number of halogens is 1. The van der Waals surface area contributed by atoms with Gasteiger partial charge < -0.3 is 21.0 Å². The summed E-state index contributed by atoms with van der Waals surface area (Å²) in [5, 5.41) is 34.4. The van der Waals surface area contributed by atoms with Gasteiger partial charge in [-0.3, -0.25) is 0 Å². The topological polar surface area (TPSA) is 93.8 Å². The molecule has 4 nitrogen and oxygen atoms in total. The third-order valence-electron chi connectivity index (χ3n) is 1.41. The zero-order valence-corrected chi connectivity index (χ0v) is 8.81. The van der Waals surface area contributed by atoms with Crippen molar-refractivity contribution in [1.29, 1.82) is 10.8 Å². The fourth-order valence-electron chi connectivity index (χ4n) is 0.773. The molecule has 0 heterocycles. The van der Waals surface area contributed by atoms with Gasteiger partial charge in [0.1, 0.15) is 0 Å². The van der Waals surface area contributed by atoms with Gasteiger partial charge in [-0.1, -0.05) is 24.3 Å². The van der Waals surface area contributed by atoms with Gasteiger partial charge >= 0.3 is 17.1 Å². The van der Waals surface area contributed by atoms with Crippen LogP contribution in [0.3, 0.4) is 0 Å². The molecule has 0 amide bonds. The Hall–Kier alpha value is -1.03. The zero-order valence-electron chi connectivity index (χ0n) is 6.89. The van der Waals surface area contributed by atoms with E-state index < -0.39 is 11.8 Å². The first-order valence-corrected chi connectivity index (χ1v) is 3.23. The second-order valence-electron chi connectivity index (χ2n) is 2.24. The van der Waals surface area contributed by atoms with E-state index in [-0.39, 0.29) is 40.6 Å². The Bertz CT molecular complexity index is 294. The SMILES string of the molecule is Cl.N=C([O-])c1ccc(C(=N)[O-])cc1.[Fe+2]. The molecule has 0 aliphatic carbocycles. The van der Waals surface area contributed by atoms with Crippen LogP contribution in [-0.4, -0.2) is 11.8 Å². The molecule has 0 saturated heterocycles. The van der Waals surface area contributed by atoms with Crippen molar-refractivity contribution in [3.05, 3.63) is 35.4 Å². The fourth-order valence-corrected chi connectivity index (χ4v) is 0.773. The van der Waals surface area contributed by atoms with Crippen LogP contribution in [0.15, 0.2) is 24.3 Å². The third kappa shape index (κ3) is 3.79. The molecule has 14 heavy (non-hydrogen) atoms. The fraction of sp³-hybridized carbons (Fsp3) is 0. The van der Waals surface area contributed by atoms with Crippen molar-refractivity contribution in [3.8, 4) is 0 Å². The van der Waals surface area contributed by atoms with Gasteiger partial charge in [0.05, 0.1) is 0 Å². The van der Waals surface area contributed by atoms with Crippen LogP contribution >= 0.6 is 12.4 Å². The van der Waals surface area contributed by atoms with E-state index >= 15 is 0 Å². The maximum absolute atomic E-state index is 10.5. The van der Waals surface area contributed by atoms with Gasteiger partial charge in [-0.2, -0.15) is 0 Å². The van der Waals surface area contributed by atoms with E-state index in [4.69, 9.17) is 10.8 Å². The summed E-state index contributed by atoms with van der Waals surface area (Å²) in [5.41, 5.74) is 0.444. The second-order valence-corrected chi connectivity index (χ2v) is 2.24. The maximum Gasteiger partial charge on any atom is 2.00 e. The van der Waals surface area contributed by atoms with Gasteiger partial charge in [-0.15, -0.1) is 12.4 Å². The van der Waals surface area contributed by atoms with Crippen LogP contribution in [0.4, 0.5) is 0 Å². The van der Waals surface area contributed by atoms with Crippen molar-refractivity contribution in [2.75, 3.05) is 0 Å². The maximum atomic E-state index is 10.5. The quantitative estimate of drug-likeness (QED) is 0.422. The van der Waals surface area contributed by atoms with Crippen molar-refractivity contribution in [2.24, 2.45) is 0 Å². The van der Waals surface area contributed by atoms with Crippen LogP contribution in [0.25, 0.3) is 0 Å². The van der Waals surface area contributed by atoms with Crippen molar-refractivity contribution < 1.29 is 27.3 Å². The molecule has 0 radical (unpaired) electrons. The van der Waals surface area contributed by atoms with Gasteiger partial charge in [0.2, 0.25) is 0 Å². The van der Waals surface area contributed by atoms with Crippen molar-refractivity contribution >= 4 is 24.2 Å². The normalized spacial score (nSPS) is 8.00. The molecule has 0 spiro atoms. The van der Waals surface area contributed by atoms with Crippen molar-refractivity contribution in [2.45, 2.75) is 0 Å². The largest absolute Gasteiger partial charge is 2.00 e. The summed E-state index contributed by atoms with van der Waals surface area (Å²) in [7, 11) is 0. The number of hydrogen-bond donors (Lipinski definition) is 2. The molecule has 0 bridgehead atoms. The summed E-state index contributed by atoms with van der Waals surface area (Å²) in [6, 6.07) is 5.43. The minimum atomic E-state index is -0.793. The molecule has 1 aromatic carbocycles. The molecule has 0 aliphatic rings. The minimum Gasteiger partial charge on any atom is -0.859 e. The molecular formula is C8H7ClFeN2O2. The number of hydrogen-bond acceptors (Lipinski definition) is 4. The molecule has 0 aromatic heterocycles. The van der Waals surface area contributed by atoms with Gasteiger partial charge in [-0.25, -0.2) is 0 Å². The van der Waals surface area contributed by atoms with Gasteiger partial charge in [0.15, 0.2) is 0 Å². The van der Waals surface area contributed by atoms with E-state index in [0.717, 1.165) is 0 Å². The Morgan fingerprint density at radius 3 is 1.21 bits per heavy atom. The summed E-state index contributed by atoms with van der Waals surface area (Å²) >= 11 is 0. The summed E-state index contributed by atoms with van der Waals surface area (Å²) in [6.07, 6.45) is 0. The molecule has 0 unspecified atom stereocenters. The summed E-state index contributed by atoms with van der Waals surface area (Å²) in [5.74, 6) is -1.59. The molecule has 1 aromatic rings. The monoisotopic (exact) mass is 254 g/mol. The molecule has 76 valence electrons. The predicted octanol–water partition coefficient (Wildman–Crippen LogP) is -0.523. The predicted molar refractivity (Wildman–Crippen MR) is 47.3 cm³/mol. The first-order valence-electron chi connectivity index (χ1n) is 3.23. The average molecular weight is 254 g/mol. The number of benzene rings is 1. The molecule has 2 N–H and O–H groups in total. The van der Waals surface area contributed by atoms with Crippen LogP contribution in [0, 0.1) is 10.8 Å². The first-order chi connectivity index (χ1) is 5.61. The van der Waals surface area contributed by atoms with Crippen LogP contribution < -0.4 is 10.2 Å². The Morgan fingerprint density at radius 1 is 0.857 bits per heavy atom. The molecule has 0 atom stereocenters. The summed E-state index contributed by atoms with van der Waals surface area (Å²) in [4.78, 5) is 0. The second kappa shape index (κ2) is 6.43. The van der Waals surface area contributed by atoms with E-state index in [2.05, 4.69) is 0 Å². The van der Waals surface area contributed by atoms with Crippen LogP contribution in [0.5, 0.6) is 0 Å². The Morgan fingerprint density at radius 2 is 1.07 bits per heavy atom. The smallest absolute Gasteiger partial charge is 0.859 e. The first kappa shape index (κ1) is 15.4. The van der Waals surface area contributed by atoms with Gasteiger partial charge in [0, 0.05) is 0 Å². The van der Waals surface area contributed by atoms with Crippen LogP contribution in [-0.2, 0) is 17.1 Å². The zero-order chi connectivity index (χ0) is 9.14. The van der Waals surface area contributed by atoms with E-state index in [0.29, 0.717) is 0 Å². The Labute approximate surface area is 97.9 Å². The van der Waals surface area contributed by atoms with E-state index in [1.165, 1.54) is 24.3 Å². The molecule has 0 aliphatic heterocycles. The number of nitrogens with one attached hydrogen (secondary N) is 2. The van der Waals surface area contributed by atoms with E-state index in [9.17, 15) is 10.2 Å². The average Bonchev–Trinajstić information content (AvgIpc) is 2.04. The van der Waals surface area contributed by atoms with Crippen LogP contribution in [0.1, 0.15) is 11.1 Å². The van der Waals surface area contributed by atoms with Gasteiger partial charge in [0.25, 0.3) is 0 Å². The van der Waals surface area contributed by atoms with Crippen molar-refractivity contribution in [1.82, 2.24) is 0 Å². The Balaban J connectivity index is 0. The molecule has 0 saturated carbocycles. The van der Waals surface area contributed by atoms with E-state index in [1.807, 2.05) is 0 Å². The van der Waals surface area contributed by atoms with E-state index in [1.54, 1.807) is 0 Å². The van der Waals surface area contributed by atoms with Crippen LogP contribution in [0.2, 0.25) is 0 Å². The molecule has 6 heteroatoms. The third-order valence-corrected chi connectivity index (χ3v) is 1.41. The Kier molecular flexibility index (Phi) is 7.09. The molecular weight excluding hydrogens is 247 g/mol. The molecule has 0 fully saturated rings. The standard InChI is InChI=1S/C8H8N2O2.ClH.Fe/c9-7(11)5-1-2-6(4-3-5)8(10)12;;/h1-4H,(H2,9,11)(H2,10,12);1H;/q;;+2/p-2. The molecule has 1 rings (SSSR count).